The van der Waals surface area contributed by atoms with Crippen LogP contribution in [0.2, 0.25) is 0 Å². The van der Waals surface area contributed by atoms with E-state index in [0.717, 1.165) is 0 Å². The Kier molecular flexibility index (Phi) is 4.07. The van der Waals surface area contributed by atoms with Gasteiger partial charge in [-0.3, -0.25) is 10.1 Å². The van der Waals surface area contributed by atoms with Crippen LogP contribution in [0.1, 0.15) is 16.3 Å². The molecule has 0 saturated carbocycles. The van der Waals surface area contributed by atoms with Crippen LogP contribution in [0, 0.1) is 10.1 Å². The van der Waals surface area contributed by atoms with Gasteiger partial charge in [0.15, 0.2) is 11.5 Å². The molecule has 0 aliphatic heterocycles. The van der Waals surface area contributed by atoms with Gasteiger partial charge in [-0.15, -0.1) is 0 Å². The molecule has 0 aliphatic carbocycles. The lowest BCUT2D eigenvalue weighted by Crippen LogP contribution is -1.98. The fraction of sp³-hybridized carbons (Fsp3) is 0.154. The minimum atomic E-state index is -1.19. The number of nitrogens with zero attached hydrogens (tertiary/aromatic N) is 1. The van der Waals surface area contributed by atoms with Gasteiger partial charge in [-0.05, 0) is 18.2 Å². The van der Waals surface area contributed by atoms with Gasteiger partial charge in [-0.2, -0.15) is 0 Å². The minimum Gasteiger partial charge on any atom is -0.493 e. The summed E-state index contributed by atoms with van der Waals surface area (Å²) < 4.78 is 15.4. The molecule has 1 aromatic carbocycles. The van der Waals surface area contributed by atoms with Crippen molar-refractivity contribution in [2.24, 2.45) is 0 Å². The van der Waals surface area contributed by atoms with E-state index in [9.17, 15) is 14.9 Å². The first-order valence-corrected chi connectivity index (χ1v) is 5.78. The molecule has 0 unspecified atom stereocenters. The van der Waals surface area contributed by atoms with Crippen molar-refractivity contribution in [3.8, 4) is 11.5 Å². The Morgan fingerprint density at radius 1 is 1.33 bits per heavy atom. The van der Waals surface area contributed by atoms with Gasteiger partial charge in [0.25, 0.3) is 5.69 Å². The van der Waals surface area contributed by atoms with Gasteiger partial charge >= 0.3 is 5.97 Å². The van der Waals surface area contributed by atoms with E-state index in [-0.39, 0.29) is 29.6 Å². The van der Waals surface area contributed by atoms with Crippen LogP contribution in [0.5, 0.6) is 11.5 Å². The summed E-state index contributed by atoms with van der Waals surface area (Å²) in [6.45, 7) is -0.0786. The maximum atomic E-state index is 10.7. The Morgan fingerprint density at radius 3 is 2.67 bits per heavy atom. The van der Waals surface area contributed by atoms with Gasteiger partial charge in [-0.25, -0.2) is 4.79 Å². The van der Waals surface area contributed by atoms with Gasteiger partial charge in [0.2, 0.25) is 5.76 Å². The third kappa shape index (κ3) is 3.30. The van der Waals surface area contributed by atoms with Crippen LogP contribution in [-0.4, -0.2) is 23.1 Å². The second-order valence-corrected chi connectivity index (χ2v) is 3.95. The monoisotopic (exact) mass is 293 g/mol. The number of methoxy groups -OCH3 is 1. The zero-order valence-electron chi connectivity index (χ0n) is 10.9. The first-order valence-electron chi connectivity index (χ1n) is 5.78. The standard InChI is InChI=1S/C13H11NO7/c1-19-10-4-2-8(14(17)18)6-12(10)20-7-9-3-5-11(21-9)13(15)16/h2-6H,7H2,1H3,(H,15,16). The molecule has 0 atom stereocenters. The summed E-state index contributed by atoms with van der Waals surface area (Å²) >= 11 is 0. The second kappa shape index (κ2) is 5.95. The number of carboxylic acid groups (broad SMARTS) is 1. The third-order valence-corrected chi connectivity index (χ3v) is 2.60. The molecule has 0 bridgehead atoms. The van der Waals surface area contributed by atoms with Gasteiger partial charge in [0.05, 0.1) is 18.1 Å². The third-order valence-electron chi connectivity index (χ3n) is 2.60. The number of carbonyl (C=O) groups is 1. The largest absolute Gasteiger partial charge is 0.493 e. The van der Waals surface area contributed by atoms with Crippen molar-refractivity contribution in [3.63, 3.8) is 0 Å². The van der Waals surface area contributed by atoms with E-state index in [1.54, 1.807) is 0 Å². The highest BCUT2D eigenvalue weighted by Gasteiger charge is 2.14. The van der Waals surface area contributed by atoms with Crippen LogP contribution in [0.25, 0.3) is 0 Å². The van der Waals surface area contributed by atoms with Gasteiger partial charge in [-0.1, -0.05) is 0 Å². The molecule has 0 saturated heterocycles. The highest BCUT2D eigenvalue weighted by molar-refractivity contribution is 5.84. The smallest absolute Gasteiger partial charge is 0.371 e. The zero-order chi connectivity index (χ0) is 15.4. The number of furan rings is 1. The van der Waals surface area contributed by atoms with E-state index in [2.05, 4.69) is 0 Å². The quantitative estimate of drug-likeness (QED) is 0.643. The fourth-order valence-electron chi connectivity index (χ4n) is 1.61. The maximum absolute atomic E-state index is 10.7. The first-order chi connectivity index (χ1) is 10.0. The Bertz CT molecular complexity index is 677. The number of non-ortho nitro benzene ring substituents is 1. The summed E-state index contributed by atoms with van der Waals surface area (Å²) in [5, 5.41) is 19.5. The molecule has 0 fully saturated rings. The van der Waals surface area contributed by atoms with Crippen molar-refractivity contribution in [1.29, 1.82) is 0 Å². The number of rotatable bonds is 6. The molecular formula is C13H11NO7. The summed E-state index contributed by atoms with van der Waals surface area (Å²) in [7, 11) is 1.41. The van der Waals surface area contributed by atoms with Crippen LogP contribution in [0.15, 0.2) is 34.7 Å². The van der Waals surface area contributed by atoms with Gasteiger partial charge in [0, 0.05) is 6.07 Å². The number of nitro groups is 1. The Labute approximate surface area is 118 Å². The summed E-state index contributed by atoms with van der Waals surface area (Å²) in [4.78, 5) is 20.9. The van der Waals surface area contributed by atoms with Crippen LogP contribution >= 0.6 is 0 Å². The molecule has 1 heterocycles. The number of hydrogen-bond donors (Lipinski definition) is 1. The maximum Gasteiger partial charge on any atom is 0.371 e. The van der Waals surface area contributed by atoms with E-state index in [1.807, 2.05) is 0 Å². The minimum absolute atomic E-state index is 0.0786. The van der Waals surface area contributed by atoms with E-state index in [4.69, 9.17) is 19.0 Å². The molecule has 0 amide bonds. The summed E-state index contributed by atoms with van der Waals surface area (Å²) in [5.74, 6) is -0.625. The SMILES string of the molecule is COc1ccc([N+](=O)[O-])cc1OCc1ccc(C(=O)O)o1. The molecule has 21 heavy (non-hydrogen) atoms. The zero-order valence-corrected chi connectivity index (χ0v) is 10.9. The number of benzene rings is 1. The topological polar surface area (TPSA) is 112 Å². The average molecular weight is 293 g/mol. The van der Waals surface area contributed by atoms with E-state index in [0.29, 0.717) is 5.75 Å². The van der Waals surface area contributed by atoms with Crippen LogP contribution in [0.4, 0.5) is 5.69 Å². The number of hydrogen-bond acceptors (Lipinski definition) is 6. The predicted octanol–water partition coefficient (Wildman–Crippen LogP) is 2.47. The first kappa shape index (κ1) is 14.4. The van der Waals surface area contributed by atoms with Crippen molar-refractivity contribution in [3.05, 3.63) is 52.0 Å². The molecule has 110 valence electrons. The molecule has 2 aromatic rings. The number of aromatic carboxylic acids is 1. The molecule has 1 N–H and O–H groups in total. The van der Waals surface area contributed by atoms with Gasteiger partial charge < -0.3 is 19.0 Å². The van der Waals surface area contributed by atoms with Crippen molar-refractivity contribution < 1.29 is 28.7 Å². The predicted molar refractivity (Wildman–Crippen MR) is 69.6 cm³/mol. The van der Waals surface area contributed by atoms with E-state index >= 15 is 0 Å². The molecule has 1 aromatic heterocycles. The highest BCUT2D eigenvalue weighted by atomic mass is 16.6. The van der Waals surface area contributed by atoms with Crippen molar-refractivity contribution in [2.75, 3.05) is 7.11 Å². The van der Waals surface area contributed by atoms with Crippen molar-refractivity contribution in [1.82, 2.24) is 0 Å². The Hall–Kier alpha value is -3.03. The summed E-state index contributed by atoms with van der Waals surface area (Å²) in [6.07, 6.45) is 0. The van der Waals surface area contributed by atoms with Crippen LogP contribution < -0.4 is 9.47 Å². The number of carboxylic acids is 1. The molecular weight excluding hydrogens is 282 g/mol. The van der Waals surface area contributed by atoms with Crippen molar-refractivity contribution >= 4 is 11.7 Å². The van der Waals surface area contributed by atoms with Crippen LogP contribution in [0.3, 0.4) is 0 Å². The molecule has 0 aliphatic rings. The Morgan fingerprint density at radius 2 is 2.10 bits per heavy atom. The lowest BCUT2D eigenvalue weighted by Gasteiger charge is -2.09. The fourth-order valence-corrected chi connectivity index (χ4v) is 1.61. The van der Waals surface area contributed by atoms with E-state index in [1.165, 1.54) is 37.4 Å². The molecule has 8 heteroatoms. The van der Waals surface area contributed by atoms with Crippen LogP contribution in [-0.2, 0) is 6.61 Å². The Balaban J connectivity index is 2.15. The average Bonchev–Trinajstić information content (AvgIpc) is 2.93. The lowest BCUT2D eigenvalue weighted by molar-refractivity contribution is -0.385. The number of ether oxygens (including phenoxy) is 2. The van der Waals surface area contributed by atoms with Crippen molar-refractivity contribution in [2.45, 2.75) is 6.61 Å². The lowest BCUT2D eigenvalue weighted by atomic mass is 10.3. The molecule has 0 radical (unpaired) electrons. The second-order valence-electron chi connectivity index (χ2n) is 3.95. The van der Waals surface area contributed by atoms with E-state index < -0.39 is 10.9 Å². The van der Waals surface area contributed by atoms with Gasteiger partial charge in [0.1, 0.15) is 12.4 Å². The highest BCUT2D eigenvalue weighted by Crippen LogP contribution is 2.31. The summed E-state index contributed by atoms with van der Waals surface area (Å²) in [6, 6.07) is 6.68. The normalized spacial score (nSPS) is 10.1. The molecule has 0 spiro atoms. The molecule has 8 nitrogen and oxygen atoms in total. The number of nitro benzene ring substituents is 1. The summed E-state index contributed by atoms with van der Waals surface area (Å²) in [5.41, 5.74) is -0.142. The molecule has 2 rings (SSSR count).